The molecule has 110 valence electrons. The third-order valence-electron chi connectivity index (χ3n) is 3.58. The van der Waals surface area contributed by atoms with Gasteiger partial charge in [0.1, 0.15) is 11.5 Å². The van der Waals surface area contributed by atoms with Crippen molar-refractivity contribution in [1.82, 2.24) is 14.9 Å². The van der Waals surface area contributed by atoms with Crippen molar-refractivity contribution in [2.45, 2.75) is 0 Å². The first kappa shape index (κ1) is 13.4. The first-order valence-electron chi connectivity index (χ1n) is 6.71. The van der Waals surface area contributed by atoms with Gasteiger partial charge in [-0.25, -0.2) is 9.18 Å². The highest BCUT2D eigenvalue weighted by molar-refractivity contribution is 5.92. The average Bonchev–Trinajstić information content (AvgIpc) is 2.94. The van der Waals surface area contributed by atoms with E-state index in [9.17, 15) is 14.0 Å². The number of halogens is 1. The first-order valence-corrected chi connectivity index (χ1v) is 6.71. The summed E-state index contributed by atoms with van der Waals surface area (Å²) < 4.78 is 12.9. The number of aromatic nitrogens is 2. The van der Waals surface area contributed by atoms with Crippen molar-refractivity contribution < 1.29 is 9.18 Å². The van der Waals surface area contributed by atoms with Gasteiger partial charge in [-0.15, -0.1) is 0 Å². The second kappa shape index (κ2) is 5.43. The normalized spacial score (nSPS) is 15.3. The van der Waals surface area contributed by atoms with Gasteiger partial charge in [-0.3, -0.25) is 4.79 Å². The molecule has 0 atom stereocenters. The monoisotopic (exact) mass is 290 g/mol. The third-order valence-corrected chi connectivity index (χ3v) is 3.58. The minimum atomic E-state index is -0.386. The molecule has 2 heterocycles. The number of carbonyl (C=O) groups is 1. The molecule has 1 amide bonds. The predicted molar refractivity (Wildman–Crippen MR) is 75.9 cm³/mol. The molecule has 1 aromatic carbocycles. The molecular weight excluding hydrogens is 275 g/mol. The average molecular weight is 290 g/mol. The summed E-state index contributed by atoms with van der Waals surface area (Å²) >= 11 is 0. The molecule has 21 heavy (non-hydrogen) atoms. The lowest BCUT2D eigenvalue weighted by atomic mass is 10.2. The molecule has 1 aliphatic rings. The minimum Gasteiger partial charge on any atom is -0.368 e. The van der Waals surface area contributed by atoms with E-state index in [1.807, 2.05) is 0 Å². The van der Waals surface area contributed by atoms with Crippen LogP contribution in [-0.4, -0.2) is 47.0 Å². The number of piperazine rings is 1. The van der Waals surface area contributed by atoms with E-state index in [2.05, 4.69) is 14.9 Å². The molecule has 2 aromatic rings. The molecule has 2 N–H and O–H groups in total. The zero-order chi connectivity index (χ0) is 14.8. The smallest absolute Gasteiger partial charge is 0.323 e. The number of carbonyl (C=O) groups excluding carboxylic acids is 1. The Kier molecular flexibility index (Phi) is 3.47. The molecule has 1 saturated heterocycles. The largest absolute Gasteiger partial charge is 0.368 e. The molecular formula is C14H15FN4O2. The van der Waals surface area contributed by atoms with E-state index in [4.69, 9.17) is 0 Å². The molecule has 1 fully saturated rings. The van der Waals surface area contributed by atoms with E-state index in [-0.39, 0.29) is 23.1 Å². The first-order chi connectivity index (χ1) is 10.1. The summed E-state index contributed by atoms with van der Waals surface area (Å²) in [6.07, 6.45) is 1.39. The van der Waals surface area contributed by atoms with Gasteiger partial charge in [-0.05, 0) is 24.3 Å². The molecule has 6 nitrogen and oxygen atoms in total. The predicted octanol–water partition coefficient (Wildman–Crippen LogP) is 0.804. The van der Waals surface area contributed by atoms with Gasteiger partial charge < -0.3 is 19.8 Å². The molecule has 1 aromatic heterocycles. The molecule has 0 spiro atoms. The highest BCUT2D eigenvalue weighted by Crippen LogP contribution is 2.17. The Morgan fingerprint density at radius 2 is 1.76 bits per heavy atom. The number of nitrogens with zero attached hydrogens (tertiary/aromatic N) is 2. The number of rotatable bonds is 2. The molecule has 0 radical (unpaired) electrons. The third kappa shape index (κ3) is 2.81. The van der Waals surface area contributed by atoms with E-state index in [1.54, 1.807) is 17.0 Å². The second-order valence-electron chi connectivity index (χ2n) is 4.91. The van der Waals surface area contributed by atoms with Crippen molar-refractivity contribution in [3.63, 3.8) is 0 Å². The molecule has 1 aliphatic heterocycles. The molecule has 0 unspecified atom stereocenters. The Bertz CT molecular complexity index is 683. The van der Waals surface area contributed by atoms with Crippen LogP contribution in [0.2, 0.25) is 0 Å². The van der Waals surface area contributed by atoms with Gasteiger partial charge in [0.05, 0.1) is 0 Å². The number of H-pyrrole nitrogens is 2. The molecule has 0 saturated carbocycles. The summed E-state index contributed by atoms with van der Waals surface area (Å²) in [4.78, 5) is 31.9. The Balaban J connectivity index is 1.63. The summed E-state index contributed by atoms with van der Waals surface area (Å²) in [5, 5.41) is 0. The van der Waals surface area contributed by atoms with Crippen molar-refractivity contribution in [2.75, 3.05) is 31.1 Å². The molecule has 7 heteroatoms. The number of amides is 1. The number of hydrogen-bond donors (Lipinski definition) is 2. The van der Waals surface area contributed by atoms with E-state index in [0.29, 0.717) is 26.2 Å². The zero-order valence-electron chi connectivity index (χ0n) is 11.3. The van der Waals surface area contributed by atoms with E-state index >= 15 is 0 Å². The SMILES string of the molecule is O=C(c1c[nH]c(=O)[nH]1)N1CCN(c2ccc(F)cc2)CC1. The van der Waals surface area contributed by atoms with Crippen LogP contribution in [0, 0.1) is 5.82 Å². The number of imidazole rings is 1. The number of anilines is 1. The van der Waals surface area contributed by atoms with Gasteiger partial charge in [0.25, 0.3) is 5.91 Å². The van der Waals surface area contributed by atoms with Crippen LogP contribution in [0.25, 0.3) is 0 Å². The van der Waals surface area contributed by atoms with Crippen LogP contribution >= 0.6 is 0 Å². The summed E-state index contributed by atoms with van der Waals surface area (Å²) in [5.41, 5.74) is 0.831. The van der Waals surface area contributed by atoms with Crippen LogP contribution in [0.4, 0.5) is 10.1 Å². The Morgan fingerprint density at radius 1 is 1.10 bits per heavy atom. The topological polar surface area (TPSA) is 72.2 Å². The maximum Gasteiger partial charge on any atom is 0.323 e. The number of benzene rings is 1. The van der Waals surface area contributed by atoms with Gasteiger partial charge in [0.2, 0.25) is 0 Å². The number of nitrogens with one attached hydrogen (secondary N) is 2. The quantitative estimate of drug-likeness (QED) is 0.859. The van der Waals surface area contributed by atoms with Gasteiger partial charge >= 0.3 is 5.69 Å². The summed E-state index contributed by atoms with van der Waals surface area (Å²) in [7, 11) is 0. The summed E-state index contributed by atoms with van der Waals surface area (Å²) in [5.74, 6) is -0.448. The van der Waals surface area contributed by atoms with Crippen LogP contribution in [0.1, 0.15) is 10.5 Å². The maximum atomic E-state index is 12.9. The van der Waals surface area contributed by atoms with Crippen LogP contribution < -0.4 is 10.6 Å². The number of hydrogen-bond acceptors (Lipinski definition) is 3. The van der Waals surface area contributed by atoms with Crippen LogP contribution in [0.5, 0.6) is 0 Å². The lowest BCUT2D eigenvalue weighted by Gasteiger charge is -2.35. The van der Waals surface area contributed by atoms with E-state index in [1.165, 1.54) is 18.3 Å². The molecule has 3 rings (SSSR count). The van der Waals surface area contributed by atoms with Gasteiger partial charge in [0, 0.05) is 38.1 Å². The summed E-state index contributed by atoms with van der Waals surface area (Å²) in [6, 6.07) is 6.32. The van der Waals surface area contributed by atoms with Crippen molar-refractivity contribution in [3.05, 3.63) is 52.5 Å². The highest BCUT2D eigenvalue weighted by Gasteiger charge is 2.23. The van der Waals surface area contributed by atoms with Gasteiger partial charge in [0.15, 0.2) is 0 Å². The maximum absolute atomic E-state index is 12.9. The Morgan fingerprint density at radius 3 is 2.33 bits per heavy atom. The van der Waals surface area contributed by atoms with Crippen molar-refractivity contribution in [2.24, 2.45) is 0 Å². The highest BCUT2D eigenvalue weighted by atomic mass is 19.1. The lowest BCUT2D eigenvalue weighted by Crippen LogP contribution is -2.49. The van der Waals surface area contributed by atoms with Crippen molar-refractivity contribution in [3.8, 4) is 0 Å². The van der Waals surface area contributed by atoms with E-state index in [0.717, 1.165) is 5.69 Å². The second-order valence-corrected chi connectivity index (χ2v) is 4.91. The lowest BCUT2D eigenvalue weighted by molar-refractivity contribution is 0.0741. The number of aromatic amines is 2. The van der Waals surface area contributed by atoms with Crippen LogP contribution in [0.15, 0.2) is 35.3 Å². The minimum absolute atomic E-state index is 0.188. The van der Waals surface area contributed by atoms with Crippen LogP contribution in [0.3, 0.4) is 0 Å². The van der Waals surface area contributed by atoms with Gasteiger partial charge in [-0.2, -0.15) is 0 Å². The standard InChI is InChI=1S/C14H15FN4O2/c15-10-1-3-11(4-2-10)18-5-7-19(8-6-18)13(20)12-9-16-14(21)17-12/h1-4,9H,5-8H2,(H2,16,17,21). The fraction of sp³-hybridized carbons (Fsp3) is 0.286. The van der Waals surface area contributed by atoms with Gasteiger partial charge in [-0.1, -0.05) is 0 Å². The Labute approximate surface area is 120 Å². The van der Waals surface area contributed by atoms with Crippen molar-refractivity contribution in [1.29, 1.82) is 0 Å². The molecule has 0 bridgehead atoms. The Hall–Kier alpha value is -2.57. The fourth-order valence-electron chi connectivity index (χ4n) is 2.44. The van der Waals surface area contributed by atoms with Crippen LogP contribution in [-0.2, 0) is 0 Å². The van der Waals surface area contributed by atoms with Crippen molar-refractivity contribution >= 4 is 11.6 Å². The van der Waals surface area contributed by atoms with E-state index < -0.39 is 0 Å². The zero-order valence-corrected chi connectivity index (χ0v) is 11.3. The fourth-order valence-corrected chi connectivity index (χ4v) is 2.44. The molecule has 0 aliphatic carbocycles. The summed E-state index contributed by atoms with van der Waals surface area (Å²) in [6.45, 7) is 2.46.